The van der Waals surface area contributed by atoms with E-state index in [2.05, 4.69) is 48.5 Å². The maximum Gasteiger partial charge on any atom is 0.0896 e. The summed E-state index contributed by atoms with van der Waals surface area (Å²) >= 11 is 0. The van der Waals surface area contributed by atoms with Crippen LogP contribution in [0.15, 0.2) is 48.5 Å². The first kappa shape index (κ1) is 15.9. The molecule has 0 aromatic heterocycles. The summed E-state index contributed by atoms with van der Waals surface area (Å²) in [6, 6.07) is 16.7. The van der Waals surface area contributed by atoms with Crippen molar-refractivity contribution in [3.05, 3.63) is 59.7 Å². The molecule has 0 radical (unpaired) electrons. The Morgan fingerprint density at radius 3 is 1.08 bits per heavy atom. The highest BCUT2D eigenvalue weighted by molar-refractivity contribution is 5.64. The summed E-state index contributed by atoms with van der Waals surface area (Å²) in [6.45, 7) is 0. The molecule has 24 heavy (non-hydrogen) atoms. The van der Waals surface area contributed by atoms with Crippen molar-refractivity contribution in [2.75, 3.05) is 0 Å². The third-order valence-electron chi connectivity index (χ3n) is 6.04. The summed E-state index contributed by atoms with van der Waals surface area (Å²) in [5.41, 5.74) is 3.17. The first-order valence-corrected chi connectivity index (χ1v) is 9.25. The van der Waals surface area contributed by atoms with E-state index in [1.165, 1.54) is 0 Å². The van der Waals surface area contributed by atoms with Crippen LogP contribution in [0.25, 0.3) is 11.1 Å². The Labute approximate surface area is 144 Å². The molecule has 2 N–H and O–H groups in total. The van der Waals surface area contributed by atoms with E-state index < -0.39 is 11.2 Å². The van der Waals surface area contributed by atoms with Crippen LogP contribution in [0, 0.1) is 0 Å². The molecule has 2 heteroatoms. The second-order valence-electron chi connectivity index (χ2n) is 7.63. The van der Waals surface area contributed by atoms with Gasteiger partial charge in [-0.1, -0.05) is 74.2 Å². The van der Waals surface area contributed by atoms with Crippen LogP contribution in [0.2, 0.25) is 0 Å². The van der Waals surface area contributed by atoms with Gasteiger partial charge in [-0.25, -0.2) is 0 Å². The van der Waals surface area contributed by atoms with Crippen LogP contribution in [0.1, 0.15) is 62.5 Å². The summed E-state index contributed by atoms with van der Waals surface area (Å²) in [4.78, 5) is 0. The van der Waals surface area contributed by atoms with Crippen LogP contribution in [0.4, 0.5) is 0 Å². The molecule has 2 aliphatic carbocycles. The highest BCUT2D eigenvalue weighted by Crippen LogP contribution is 2.40. The fraction of sp³-hybridized carbons (Fsp3) is 0.455. The Hall–Kier alpha value is -1.64. The lowest BCUT2D eigenvalue weighted by atomic mass is 9.89. The minimum absolute atomic E-state index is 0.617. The Kier molecular flexibility index (Phi) is 3.98. The summed E-state index contributed by atoms with van der Waals surface area (Å²) in [7, 11) is 0. The number of hydrogen-bond acceptors (Lipinski definition) is 2. The first-order valence-electron chi connectivity index (χ1n) is 9.25. The van der Waals surface area contributed by atoms with E-state index in [4.69, 9.17) is 0 Å². The highest BCUT2D eigenvalue weighted by atomic mass is 16.3. The zero-order valence-electron chi connectivity index (χ0n) is 14.2. The van der Waals surface area contributed by atoms with Gasteiger partial charge in [-0.15, -0.1) is 0 Å². The molecule has 2 nitrogen and oxygen atoms in total. The molecule has 2 fully saturated rings. The van der Waals surface area contributed by atoms with Gasteiger partial charge >= 0.3 is 0 Å². The lowest BCUT2D eigenvalue weighted by Gasteiger charge is -2.23. The van der Waals surface area contributed by atoms with Crippen molar-refractivity contribution in [1.29, 1.82) is 0 Å². The van der Waals surface area contributed by atoms with Gasteiger partial charge in [0, 0.05) is 0 Å². The van der Waals surface area contributed by atoms with Gasteiger partial charge in [-0.05, 0) is 47.9 Å². The van der Waals surface area contributed by atoms with E-state index in [0.717, 1.165) is 73.6 Å². The van der Waals surface area contributed by atoms with Crippen molar-refractivity contribution in [3.8, 4) is 11.1 Å². The molecule has 0 amide bonds. The fourth-order valence-electron chi connectivity index (χ4n) is 4.44. The molecule has 126 valence electrons. The molecule has 0 atom stereocenters. The van der Waals surface area contributed by atoms with Crippen molar-refractivity contribution in [1.82, 2.24) is 0 Å². The monoisotopic (exact) mass is 322 g/mol. The molecule has 0 spiro atoms. The lowest BCUT2D eigenvalue weighted by Crippen LogP contribution is -2.20. The molecule has 0 bridgehead atoms. The average Bonchev–Trinajstić information content (AvgIpc) is 3.26. The quantitative estimate of drug-likeness (QED) is 0.846. The van der Waals surface area contributed by atoms with Crippen LogP contribution >= 0.6 is 0 Å². The predicted octanol–water partition coefficient (Wildman–Crippen LogP) is 4.88. The molecule has 2 aliphatic rings. The Morgan fingerprint density at radius 2 is 0.792 bits per heavy atom. The van der Waals surface area contributed by atoms with Crippen LogP contribution in [-0.2, 0) is 11.2 Å². The average molecular weight is 322 g/mol. The largest absolute Gasteiger partial charge is 0.385 e. The Balaban J connectivity index is 1.55. The van der Waals surface area contributed by atoms with Gasteiger partial charge in [0.15, 0.2) is 0 Å². The molecular weight excluding hydrogens is 296 g/mol. The highest BCUT2D eigenvalue weighted by Gasteiger charge is 2.33. The molecule has 4 rings (SSSR count). The van der Waals surface area contributed by atoms with E-state index in [1.807, 2.05) is 0 Å². The van der Waals surface area contributed by atoms with E-state index in [1.54, 1.807) is 0 Å². The topological polar surface area (TPSA) is 40.5 Å². The minimum Gasteiger partial charge on any atom is -0.385 e. The molecule has 0 saturated heterocycles. The molecule has 2 aromatic carbocycles. The third-order valence-corrected chi connectivity index (χ3v) is 6.04. The molecule has 0 aliphatic heterocycles. The molecule has 0 unspecified atom stereocenters. The van der Waals surface area contributed by atoms with Gasteiger partial charge in [0.25, 0.3) is 0 Å². The van der Waals surface area contributed by atoms with Crippen molar-refractivity contribution in [2.24, 2.45) is 0 Å². The van der Waals surface area contributed by atoms with E-state index >= 15 is 0 Å². The smallest absolute Gasteiger partial charge is 0.0896 e. The number of benzene rings is 2. The van der Waals surface area contributed by atoms with Gasteiger partial charge in [0.2, 0.25) is 0 Å². The summed E-state index contributed by atoms with van der Waals surface area (Å²) < 4.78 is 0. The first-order chi connectivity index (χ1) is 11.6. The molecule has 2 aromatic rings. The number of aliphatic hydroxyl groups is 2. The fourth-order valence-corrected chi connectivity index (χ4v) is 4.44. The van der Waals surface area contributed by atoms with Crippen molar-refractivity contribution >= 4 is 0 Å². The number of hydrogen-bond donors (Lipinski definition) is 2. The Bertz CT molecular complexity index is 624. The second-order valence-corrected chi connectivity index (χ2v) is 7.63. The van der Waals surface area contributed by atoms with E-state index in [0.29, 0.717) is 0 Å². The van der Waals surface area contributed by atoms with Crippen LogP contribution < -0.4 is 0 Å². The SMILES string of the molecule is OC1(c2ccc(-c3ccc(C4(O)CCCC4)cc3)cc2)CCCC1. The van der Waals surface area contributed by atoms with Crippen LogP contribution in [0.3, 0.4) is 0 Å². The standard InChI is InChI=1S/C22H26O2/c23-21(13-1-2-14-21)19-9-5-17(6-10-19)18-7-11-20(12-8-18)22(24)15-3-4-16-22/h5-12,23-24H,1-4,13-16H2. The van der Waals surface area contributed by atoms with Gasteiger partial charge in [0.05, 0.1) is 11.2 Å². The van der Waals surface area contributed by atoms with E-state index in [-0.39, 0.29) is 0 Å². The van der Waals surface area contributed by atoms with E-state index in [9.17, 15) is 10.2 Å². The summed E-state index contributed by atoms with van der Waals surface area (Å²) in [5, 5.41) is 21.4. The van der Waals surface area contributed by atoms with Crippen LogP contribution in [0.5, 0.6) is 0 Å². The normalized spacial score (nSPS) is 21.9. The van der Waals surface area contributed by atoms with Crippen LogP contribution in [-0.4, -0.2) is 10.2 Å². The van der Waals surface area contributed by atoms with Gasteiger partial charge in [0.1, 0.15) is 0 Å². The van der Waals surface area contributed by atoms with Crippen molar-refractivity contribution in [3.63, 3.8) is 0 Å². The zero-order chi connectivity index (χ0) is 16.6. The summed E-state index contributed by atoms with van der Waals surface area (Å²) in [6.07, 6.45) is 7.95. The van der Waals surface area contributed by atoms with Gasteiger partial charge in [-0.2, -0.15) is 0 Å². The van der Waals surface area contributed by atoms with Gasteiger partial charge in [-0.3, -0.25) is 0 Å². The van der Waals surface area contributed by atoms with Gasteiger partial charge < -0.3 is 10.2 Å². The maximum atomic E-state index is 10.7. The number of rotatable bonds is 3. The molecule has 2 saturated carbocycles. The maximum absolute atomic E-state index is 10.7. The lowest BCUT2D eigenvalue weighted by molar-refractivity contribution is 0.0440. The second kappa shape index (κ2) is 6.02. The van der Waals surface area contributed by atoms with Crippen molar-refractivity contribution < 1.29 is 10.2 Å². The zero-order valence-corrected chi connectivity index (χ0v) is 14.2. The third kappa shape index (κ3) is 2.78. The summed E-state index contributed by atoms with van der Waals surface area (Å²) in [5.74, 6) is 0. The molecular formula is C22H26O2. The predicted molar refractivity (Wildman–Crippen MR) is 96.6 cm³/mol. The minimum atomic E-state index is -0.617. The van der Waals surface area contributed by atoms with Crippen molar-refractivity contribution in [2.45, 2.75) is 62.6 Å². The Morgan fingerprint density at radius 1 is 0.500 bits per heavy atom. The molecule has 0 heterocycles.